The molecule has 0 unspecified atom stereocenters. The fourth-order valence-electron chi connectivity index (χ4n) is 1.37. The first-order chi connectivity index (χ1) is 8.25. The molecule has 0 aromatic carbocycles. The second kappa shape index (κ2) is 5.40. The Balaban J connectivity index is 1.90. The Morgan fingerprint density at radius 1 is 1.47 bits per heavy atom. The summed E-state index contributed by atoms with van der Waals surface area (Å²) < 4.78 is 0. The van der Waals surface area contributed by atoms with Gasteiger partial charge in [-0.05, 0) is 12.1 Å². The fraction of sp³-hybridized carbons (Fsp3) is 0.182. The van der Waals surface area contributed by atoms with E-state index in [4.69, 9.17) is 5.73 Å². The van der Waals surface area contributed by atoms with E-state index in [1.54, 1.807) is 29.7 Å². The molecule has 0 aliphatic heterocycles. The van der Waals surface area contributed by atoms with E-state index in [0.29, 0.717) is 0 Å². The summed E-state index contributed by atoms with van der Waals surface area (Å²) >= 11 is 1.58. The van der Waals surface area contributed by atoms with Crippen molar-refractivity contribution < 1.29 is 4.79 Å². The number of nitrogens with two attached hydrogens (primary N) is 1. The average Bonchev–Trinajstić information content (AvgIpc) is 2.82. The summed E-state index contributed by atoms with van der Waals surface area (Å²) in [6.07, 6.45) is 2.41. The summed E-state index contributed by atoms with van der Waals surface area (Å²) in [7, 11) is 0. The van der Waals surface area contributed by atoms with E-state index in [0.717, 1.165) is 24.3 Å². The maximum absolute atomic E-state index is 10.9. The number of rotatable bonds is 5. The van der Waals surface area contributed by atoms with Crippen LogP contribution in [-0.2, 0) is 6.42 Å². The van der Waals surface area contributed by atoms with Crippen LogP contribution < -0.4 is 11.1 Å². The predicted octanol–water partition coefficient (Wildman–Crippen LogP) is 1.29. The Hall–Kier alpha value is -1.95. The highest BCUT2D eigenvalue weighted by Crippen LogP contribution is 2.08. The van der Waals surface area contributed by atoms with Crippen molar-refractivity contribution in [1.82, 2.24) is 9.97 Å². The molecule has 2 heterocycles. The normalized spacial score (nSPS) is 10.1. The van der Waals surface area contributed by atoms with Crippen LogP contribution in [0.3, 0.4) is 0 Å². The summed E-state index contributed by atoms with van der Waals surface area (Å²) in [6, 6.07) is 3.44. The lowest BCUT2D eigenvalue weighted by Crippen LogP contribution is -2.13. The maximum Gasteiger partial charge on any atom is 0.267 e. The maximum atomic E-state index is 10.9. The minimum Gasteiger partial charge on any atom is -0.385 e. The molecule has 2 aromatic rings. The first kappa shape index (κ1) is 11.5. The molecule has 0 saturated carbocycles. The number of nitrogens with one attached hydrogen (secondary N) is 1. The largest absolute Gasteiger partial charge is 0.385 e. The van der Waals surface area contributed by atoms with Gasteiger partial charge in [0.1, 0.15) is 5.69 Å². The van der Waals surface area contributed by atoms with Crippen molar-refractivity contribution in [2.45, 2.75) is 6.42 Å². The first-order valence-corrected chi connectivity index (χ1v) is 6.07. The fourth-order valence-corrected chi connectivity index (χ4v) is 1.96. The van der Waals surface area contributed by atoms with E-state index >= 15 is 0 Å². The van der Waals surface area contributed by atoms with Crippen LogP contribution in [0.5, 0.6) is 0 Å². The first-order valence-electron chi connectivity index (χ1n) is 5.12. The summed E-state index contributed by atoms with van der Waals surface area (Å²) in [6.45, 7) is 0.756. The number of primary amides is 1. The van der Waals surface area contributed by atoms with Gasteiger partial charge >= 0.3 is 0 Å². The van der Waals surface area contributed by atoms with Crippen molar-refractivity contribution in [2.75, 3.05) is 11.9 Å². The quantitative estimate of drug-likeness (QED) is 0.835. The van der Waals surface area contributed by atoms with Gasteiger partial charge in [-0.1, -0.05) is 0 Å². The number of nitrogens with zero attached hydrogens (tertiary/aromatic N) is 2. The van der Waals surface area contributed by atoms with Crippen LogP contribution >= 0.6 is 11.3 Å². The third-order valence-electron chi connectivity index (χ3n) is 2.21. The van der Waals surface area contributed by atoms with Crippen molar-refractivity contribution in [3.05, 3.63) is 40.6 Å². The van der Waals surface area contributed by atoms with Gasteiger partial charge in [-0.25, -0.2) is 4.98 Å². The van der Waals surface area contributed by atoms with Gasteiger partial charge in [0.2, 0.25) is 0 Å². The number of thiazole rings is 1. The number of carbonyl (C=O) groups excluding carboxylic acids is 1. The number of amides is 1. The Kier molecular flexibility index (Phi) is 3.66. The van der Waals surface area contributed by atoms with Gasteiger partial charge < -0.3 is 11.1 Å². The molecule has 3 N–H and O–H groups in total. The Labute approximate surface area is 103 Å². The number of hydrogen-bond acceptors (Lipinski definition) is 5. The molecule has 0 aliphatic carbocycles. The molecule has 0 fully saturated rings. The molecule has 1 amide bonds. The van der Waals surface area contributed by atoms with Gasteiger partial charge in [0, 0.05) is 30.2 Å². The Bertz CT molecular complexity index is 498. The molecule has 0 atom stereocenters. The van der Waals surface area contributed by atoms with Gasteiger partial charge in [-0.2, -0.15) is 0 Å². The third kappa shape index (κ3) is 3.25. The van der Waals surface area contributed by atoms with Gasteiger partial charge in [-0.3, -0.25) is 9.78 Å². The van der Waals surface area contributed by atoms with Crippen molar-refractivity contribution in [3.8, 4) is 0 Å². The number of hydrogen-bond donors (Lipinski definition) is 2. The van der Waals surface area contributed by atoms with Crippen LogP contribution in [0.1, 0.15) is 16.2 Å². The van der Waals surface area contributed by atoms with Crippen LogP contribution in [0, 0.1) is 0 Å². The predicted molar refractivity (Wildman–Crippen MR) is 67.1 cm³/mol. The number of anilines is 1. The molecule has 2 aromatic heterocycles. The van der Waals surface area contributed by atoms with Crippen LogP contribution in [0.2, 0.25) is 0 Å². The summed E-state index contributed by atoms with van der Waals surface area (Å²) in [5.41, 5.74) is 9.13. The Morgan fingerprint density at radius 3 is 3.06 bits per heavy atom. The summed E-state index contributed by atoms with van der Waals surface area (Å²) in [4.78, 5) is 19.0. The Morgan fingerprint density at radius 2 is 2.35 bits per heavy atom. The molecule has 0 spiro atoms. The molecular formula is C11H12N4OS. The molecule has 0 radical (unpaired) electrons. The lowest BCUT2D eigenvalue weighted by Gasteiger charge is -2.05. The molecule has 17 heavy (non-hydrogen) atoms. The zero-order valence-electron chi connectivity index (χ0n) is 9.09. The van der Waals surface area contributed by atoms with Crippen LogP contribution in [-0.4, -0.2) is 22.4 Å². The smallest absolute Gasteiger partial charge is 0.267 e. The standard InChI is InChI=1S/C11H12N4OS/c12-11(16)10-5-8(1-4-14-10)13-3-2-9-6-17-7-15-9/h1,4-7H,2-3H2,(H2,12,16)(H,13,14). The zero-order valence-corrected chi connectivity index (χ0v) is 9.91. The van der Waals surface area contributed by atoms with E-state index in [-0.39, 0.29) is 5.69 Å². The monoisotopic (exact) mass is 248 g/mol. The molecule has 88 valence electrons. The molecule has 5 nitrogen and oxygen atoms in total. The molecule has 6 heteroatoms. The molecule has 0 saturated heterocycles. The lowest BCUT2D eigenvalue weighted by molar-refractivity contribution is 0.0995. The highest BCUT2D eigenvalue weighted by Gasteiger charge is 2.02. The van der Waals surface area contributed by atoms with E-state index in [2.05, 4.69) is 15.3 Å². The van der Waals surface area contributed by atoms with Gasteiger partial charge in [0.25, 0.3) is 5.91 Å². The van der Waals surface area contributed by atoms with Crippen molar-refractivity contribution >= 4 is 22.9 Å². The molecule has 2 rings (SSSR count). The third-order valence-corrected chi connectivity index (χ3v) is 2.84. The summed E-state index contributed by atoms with van der Waals surface area (Å²) in [5.74, 6) is -0.520. The van der Waals surface area contributed by atoms with E-state index < -0.39 is 5.91 Å². The van der Waals surface area contributed by atoms with Gasteiger partial charge in [0.15, 0.2) is 0 Å². The lowest BCUT2D eigenvalue weighted by atomic mass is 10.3. The van der Waals surface area contributed by atoms with Crippen molar-refractivity contribution in [3.63, 3.8) is 0 Å². The van der Waals surface area contributed by atoms with Crippen LogP contribution in [0.15, 0.2) is 29.2 Å². The van der Waals surface area contributed by atoms with Crippen molar-refractivity contribution in [2.24, 2.45) is 5.73 Å². The number of pyridine rings is 1. The second-order valence-electron chi connectivity index (χ2n) is 3.45. The molecule has 0 aliphatic rings. The van der Waals surface area contributed by atoms with E-state index in [1.807, 2.05) is 10.9 Å². The van der Waals surface area contributed by atoms with Gasteiger partial charge in [-0.15, -0.1) is 11.3 Å². The number of carbonyl (C=O) groups is 1. The van der Waals surface area contributed by atoms with Crippen LogP contribution in [0.25, 0.3) is 0 Å². The number of aromatic nitrogens is 2. The van der Waals surface area contributed by atoms with Gasteiger partial charge in [0.05, 0.1) is 11.2 Å². The molecule has 0 bridgehead atoms. The second-order valence-corrected chi connectivity index (χ2v) is 4.17. The highest BCUT2D eigenvalue weighted by molar-refractivity contribution is 7.07. The van der Waals surface area contributed by atoms with Crippen LogP contribution in [0.4, 0.5) is 5.69 Å². The van der Waals surface area contributed by atoms with Crippen molar-refractivity contribution in [1.29, 1.82) is 0 Å². The molecular weight excluding hydrogens is 236 g/mol. The minimum absolute atomic E-state index is 0.267. The topological polar surface area (TPSA) is 80.9 Å². The minimum atomic E-state index is -0.520. The zero-order chi connectivity index (χ0) is 12.1. The highest BCUT2D eigenvalue weighted by atomic mass is 32.1. The summed E-state index contributed by atoms with van der Waals surface area (Å²) in [5, 5.41) is 5.21. The SMILES string of the molecule is NC(=O)c1cc(NCCc2cscn2)ccn1. The van der Waals surface area contributed by atoms with E-state index in [1.165, 1.54) is 0 Å². The average molecular weight is 248 g/mol. The van der Waals surface area contributed by atoms with E-state index in [9.17, 15) is 4.79 Å².